The summed E-state index contributed by atoms with van der Waals surface area (Å²) in [6.07, 6.45) is -3.16. The largest absolute Gasteiger partial charge is 0.491 e. The van der Waals surface area contributed by atoms with Gasteiger partial charge in [-0.05, 0) is 37.0 Å². The van der Waals surface area contributed by atoms with Crippen LogP contribution in [0.1, 0.15) is 24.0 Å². The number of benzene rings is 1. The van der Waals surface area contributed by atoms with E-state index in [-0.39, 0.29) is 55.0 Å². The van der Waals surface area contributed by atoms with Crippen molar-refractivity contribution >= 4 is 21.6 Å². The fourth-order valence-corrected chi connectivity index (χ4v) is 4.09. The van der Waals surface area contributed by atoms with E-state index in [1.54, 1.807) is 12.1 Å². The number of methoxy groups -OCH3 is 1. The van der Waals surface area contributed by atoms with Crippen molar-refractivity contribution in [1.82, 2.24) is 9.71 Å². The standard InChI is InChI=1S/C21H26ClF3N2O6S/c1-31-9-10-32-17-6-5-15(4-2-11-34(29,30)27-7-3-8-28)19(13-17)33-20-18(22)12-16(14-26-20)21(23,24)25/h5-6,12-14,27-28H,2-4,7-11H2,1H3. The number of alkyl halides is 3. The highest BCUT2D eigenvalue weighted by atomic mass is 35.5. The first kappa shape index (κ1) is 28.1. The molecule has 13 heteroatoms. The van der Waals surface area contributed by atoms with Gasteiger partial charge in [0.15, 0.2) is 0 Å². The minimum Gasteiger partial charge on any atom is -0.491 e. The van der Waals surface area contributed by atoms with Gasteiger partial charge in [0.1, 0.15) is 23.1 Å². The van der Waals surface area contributed by atoms with Crippen LogP contribution < -0.4 is 14.2 Å². The Kier molecular flexibility index (Phi) is 10.8. The van der Waals surface area contributed by atoms with E-state index in [2.05, 4.69) is 9.71 Å². The molecule has 8 nitrogen and oxygen atoms in total. The number of nitrogens with zero attached hydrogens (tertiary/aromatic N) is 1. The Labute approximate surface area is 201 Å². The monoisotopic (exact) mass is 526 g/mol. The van der Waals surface area contributed by atoms with Crippen molar-refractivity contribution in [2.75, 3.05) is 39.2 Å². The molecule has 2 aromatic rings. The van der Waals surface area contributed by atoms with Crippen LogP contribution in [0.2, 0.25) is 5.02 Å². The van der Waals surface area contributed by atoms with Crippen molar-refractivity contribution in [3.8, 4) is 17.4 Å². The number of aromatic nitrogens is 1. The number of rotatable bonds is 14. The second kappa shape index (κ2) is 13.1. The lowest BCUT2D eigenvalue weighted by Crippen LogP contribution is -2.28. The molecule has 0 atom stereocenters. The number of sulfonamides is 1. The van der Waals surface area contributed by atoms with Crippen molar-refractivity contribution < 1.29 is 40.9 Å². The number of hydrogen-bond donors (Lipinski definition) is 2. The zero-order valence-corrected chi connectivity index (χ0v) is 20.0. The predicted molar refractivity (Wildman–Crippen MR) is 120 cm³/mol. The molecule has 0 aliphatic rings. The quantitative estimate of drug-likeness (QED) is 0.360. The maximum Gasteiger partial charge on any atom is 0.417 e. The van der Waals surface area contributed by atoms with E-state index in [1.807, 2.05) is 0 Å². The number of aryl methyl sites for hydroxylation is 1. The summed E-state index contributed by atoms with van der Waals surface area (Å²) in [5.41, 5.74) is -0.428. The van der Waals surface area contributed by atoms with E-state index >= 15 is 0 Å². The fraction of sp³-hybridized carbons (Fsp3) is 0.476. The summed E-state index contributed by atoms with van der Waals surface area (Å²) in [5, 5.41) is 8.44. The third kappa shape index (κ3) is 9.26. The first-order valence-electron chi connectivity index (χ1n) is 10.3. The van der Waals surface area contributed by atoms with Gasteiger partial charge in [0.05, 0.1) is 17.9 Å². The zero-order valence-electron chi connectivity index (χ0n) is 18.4. The molecular weight excluding hydrogens is 501 g/mol. The van der Waals surface area contributed by atoms with E-state index in [0.717, 1.165) is 0 Å². The first-order valence-corrected chi connectivity index (χ1v) is 12.3. The molecule has 0 aliphatic carbocycles. The topological polar surface area (TPSA) is 107 Å². The lowest BCUT2D eigenvalue weighted by molar-refractivity contribution is -0.137. The molecule has 1 aromatic heterocycles. The van der Waals surface area contributed by atoms with Crippen LogP contribution >= 0.6 is 11.6 Å². The predicted octanol–water partition coefficient (Wildman–Crippen LogP) is 3.81. The second-order valence-electron chi connectivity index (χ2n) is 7.12. The second-order valence-corrected chi connectivity index (χ2v) is 9.45. The van der Waals surface area contributed by atoms with Crippen molar-refractivity contribution in [3.63, 3.8) is 0 Å². The van der Waals surface area contributed by atoms with Crippen molar-refractivity contribution in [1.29, 1.82) is 0 Å². The molecule has 34 heavy (non-hydrogen) atoms. The lowest BCUT2D eigenvalue weighted by Gasteiger charge is -2.15. The van der Waals surface area contributed by atoms with Gasteiger partial charge in [-0.1, -0.05) is 17.7 Å². The van der Waals surface area contributed by atoms with Crippen LogP contribution in [0.3, 0.4) is 0 Å². The van der Waals surface area contributed by atoms with E-state index in [9.17, 15) is 21.6 Å². The summed E-state index contributed by atoms with van der Waals surface area (Å²) in [6, 6.07) is 5.57. The third-order valence-corrected chi connectivity index (χ3v) is 6.19. The van der Waals surface area contributed by atoms with Crippen molar-refractivity contribution in [3.05, 3.63) is 46.6 Å². The first-order chi connectivity index (χ1) is 16.1. The molecule has 0 unspecified atom stereocenters. The number of pyridine rings is 1. The van der Waals surface area contributed by atoms with Crippen LogP contribution in [0, 0.1) is 0 Å². The highest BCUT2D eigenvalue weighted by Gasteiger charge is 2.32. The number of hydrogen-bond acceptors (Lipinski definition) is 7. The highest BCUT2D eigenvalue weighted by Crippen LogP contribution is 2.36. The number of aliphatic hydroxyl groups is 1. The number of aliphatic hydroxyl groups excluding tert-OH is 1. The Morgan fingerprint density at radius 3 is 2.59 bits per heavy atom. The normalized spacial score (nSPS) is 12.1. The Bertz CT molecular complexity index is 1040. The van der Waals surface area contributed by atoms with Crippen molar-refractivity contribution in [2.45, 2.75) is 25.4 Å². The van der Waals surface area contributed by atoms with Gasteiger partial charge in [0, 0.05) is 32.5 Å². The molecule has 1 aromatic carbocycles. The summed E-state index contributed by atoms with van der Waals surface area (Å²) in [5.74, 6) is 0.235. The van der Waals surface area contributed by atoms with Crippen LogP contribution in [0.15, 0.2) is 30.5 Å². The SMILES string of the molecule is COCCOc1ccc(CCCS(=O)(=O)NCCCO)c(Oc2ncc(C(F)(F)F)cc2Cl)c1. The molecule has 190 valence electrons. The maximum absolute atomic E-state index is 12.9. The van der Waals surface area contributed by atoms with Gasteiger partial charge in [-0.25, -0.2) is 18.1 Å². The summed E-state index contributed by atoms with van der Waals surface area (Å²) in [7, 11) is -2.00. The zero-order chi connectivity index (χ0) is 25.2. The van der Waals surface area contributed by atoms with Gasteiger partial charge in [0.25, 0.3) is 0 Å². The van der Waals surface area contributed by atoms with Gasteiger partial charge in [-0.15, -0.1) is 0 Å². The third-order valence-electron chi connectivity index (χ3n) is 4.45. The average Bonchev–Trinajstić information content (AvgIpc) is 2.76. The van der Waals surface area contributed by atoms with Gasteiger partial charge < -0.3 is 19.3 Å². The van der Waals surface area contributed by atoms with E-state index in [1.165, 1.54) is 13.2 Å². The van der Waals surface area contributed by atoms with Crippen LogP contribution in [-0.4, -0.2) is 57.7 Å². The molecule has 0 fully saturated rings. The average molecular weight is 527 g/mol. The molecule has 0 saturated carbocycles. The molecule has 1 heterocycles. The summed E-state index contributed by atoms with van der Waals surface area (Å²) >= 11 is 5.96. The molecule has 2 N–H and O–H groups in total. The van der Waals surface area contributed by atoms with E-state index in [0.29, 0.717) is 36.6 Å². The van der Waals surface area contributed by atoms with Gasteiger partial charge >= 0.3 is 6.18 Å². The number of nitrogens with one attached hydrogen (secondary N) is 1. The number of ether oxygens (including phenoxy) is 3. The molecular formula is C21H26ClF3N2O6S. The molecule has 0 radical (unpaired) electrons. The molecule has 0 amide bonds. The van der Waals surface area contributed by atoms with Crippen LogP contribution in [0.25, 0.3) is 0 Å². The highest BCUT2D eigenvalue weighted by molar-refractivity contribution is 7.89. The minimum atomic E-state index is -4.61. The molecule has 0 bridgehead atoms. The van der Waals surface area contributed by atoms with Gasteiger partial charge in [-0.3, -0.25) is 0 Å². The van der Waals surface area contributed by atoms with Gasteiger partial charge in [-0.2, -0.15) is 13.2 Å². The molecule has 0 spiro atoms. The maximum atomic E-state index is 12.9. The van der Waals surface area contributed by atoms with E-state index in [4.69, 9.17) is 30.9 Å². The Hall–Kier alpha value is -2.12. The van der Waals surface area contributed by atoms with Crippen LogP contribution in [0.5, 0.6) is 17.4 Å². The lowest BCUT2D eigenvalue weighted by atomic mass is 10.1. The summed E-state index contributed by atoms with van der Waals surface area (Å²) in [6.45, 7) is 0.610. The minimum absolute atomic E-state index is 0.122. The number of halogens is 4. The Balaban J connectivity index is 2.19. The summed E-state index contributed by atoms with van der Waals surface area (Å²) < 4.78 is 81.4. The van der Waals surface area contributed by atoms with Crippen molar-refractivity contribution in [2.24, 2.45) is 0 Å². The molecule has 0 aliphatic heterocycles. The fourth-order valence-electron chi connectivity index (χ4n) is 2.76. The summed E-state index contributed by atoms with van der Waals surface area (Å²) in [4.78, 5) is 3.69. The molecule has 0 saturated heterocycles. The smallest absolute Gasteiger partial charge is 0.417 e. The molecule has 2 rings (SSSR count). The van der Waals surface area contributed by atoms with E-state index < -0.39 is 21.8 Å². The van der Waals surface area contributed by atoms with Crippen LogP contribution in [-0.2, 0) is 27.4 Å². The Morgan fingerprint density at radius 2 is 1.94 bits per heavy atom. The van der Waals surface area contributed by atoms with Crippen LogP contribution in [0.4, 0.5) is 13.2 Å². The Morgan fingerprint density at radius 1 is 1.18 bits per heavy atom. The van der Waals surface area contributed by atoms with Gasteiger partial charge in [0.2, 0.25) is 15.9 Å².